The quantitative estimate of drug-likeness (QED) is 0.482. The lowest BCUT2D eigenvalue weighted by molar-refractivity contribution is -0.119. The molecule has 3 aromatic rings. The molecule has 2 aromatic carbocycles. The number of para-hydroxylation sites is 1. The molecule has 0 aliphatic heterocycles. The van der Waals surface area contributed by atoms with Crippen molar-refractivity contribution in [2.75, 3.05) is 16.5 Å². The van der Waals surface area contributed by atoms with E-state index in [1.807, 2.05) is 54.6 Å². The number of aromatic nitrogens is 2. The highest BCUT2D eigenvalue weighted by atomic mass is 16.2. The van der Waals surface area contributed by atoms with E-state index in [9.17, 15) is 4.79 Å². The van der Waals surface area contributed by atoms with Gasteiger partial charge in [-0.05, 0) is 23.6 Å². The molecule has 0 saturated carbocycles. The minimum atomic E-state index is -0.190. The third-order valence-corrected chi connectivity index (χ3v) is 4.06. The van der Waals surface area contributed by atoms with Crippen LogP contribution in [0.15, 0.2) is 60.9 Å². The van der Waals surface area contributed by atoms with Crippen LogP contribution in [0.4, 0.5) is 23.0 Å². The van der Waals surface area contributed by atoms with Crippen molar-refractivity contribution in [3.63, 3.8) is 0 Å². The number of amides is 1. The predicted molar refractivity (Wildman–Crippen MR) is 107 cm³/mol. The van der Waals surface area contributed by atoms with Crippen LogP contribution in [0, 0.1) is 0 Å². The van der Waals surface area contributed by atoms with E-state index >= 15 is 0 Å². The van der Waals surface area contributed by atoms with Gasteiger partial charge in [0.1, 0.15) is 12.0 Å². The van der Waals surface area contributed by atoms with Crippen molar-refractivity contribution in [1.29, 1.82) is 0 Å². The number of hydrogen-bond acceptors (Lipinski definition) is 6. The van der Waals surface area contributed by atoms with Gasteiger partial charge in [0.2, 0.25) is 5.91 Å². The van der Waals surface area contributed by atoms with E-state index in [2.05, 4.69) is 33.1 Å². The van der Waals surface area contributed by atoms with Gasteiger partial charge in [-0.3, -0.25) is 15.6 Å². The number of rotatable bonds is 7. The number of nitrogen functional groups attached to an aromatic ring is 1. The maximum Gasteiger partial charge on any atom is 0.242 e. The zero-order valence-corrected chi connectivity index (χ0v) is 15.1. The number of anilines is 4. The van der Waals surface area contributed by atoms with Crippen molar-refractivity contribution in [3.8, 4) is 0 Å². The first-order valence-electron chi connectivity index (χ1n) is 8.71. The van der Waals surface area contributed by atoms with Crippen molar-refractivity contribution < 1.29 is 4.79 Å². The molecule has 0 bridgehead atoms. The summed E-state index contributed by atoms with van der Waals surface area (Å²) in [5.41, 5.74) is 14.9. The monoisotopic (exact) mass is 362 g/mol. The van der Waals surface area contributed by atoms with E-state index in [-0.39, 0.29) is 12.3 Å². The number of benzene rings is 2. The van der Waals surface area contributed by atoms with Crippen LogP contribution in [-0.4, -0.2) is 15.9 Å². The minimum absolute atomic E-state index is 0.190. The number of nitrogens with two attached hydrogens (primary N) is 1. The minimum Gasteiger partial charge on any atom is -0.393 e. The number of hydrazine groups is 1. The maximum absolute atomic E-state index is 12.1. The molecule has 7 nitrogen and oxygen atoms in total. The lowest BCUT2D eigenvalue weighted by atomic mass is 10.1. The van der Waals surface area contributed by atoms with Crippen molar-refractivity contribution >= 4 is 28.9 Å². The molecule has 0 unspecified atom stereocenters. The molecule has 0 spiro atoms. The van der Waals surface area contributed by atoms with E-state index in [1.165, 1.54) is 6.33 Å². The normalized spacial score (nSPS) is 10.3. The number of carbonyl (C=O) groups is 1. The van der Waals surface area contributed by atoms with Crippen molar-refractivity contribution in [2.24, 2.45) is 0 Å². The summed E-state index contributed by atoms with van der Waals surface area (Å²) in [5, 5.41) is 3.23. The Morgan fingerprint density at radius 1 is 1.00 bits per heavy atom. The Hall–Kier alpha value is -3.61. The molecule has 5 N–H and O–H groups in total. The number of hydrogen-bond donors (Lipinski definition) is 4. The Morgan fingerprint density at radius 3 is 2.48 bits per heavy atom. The fourth-order valence-electron chi connectivity index (χ4n) is 2.63. The number of nitrogens with zero attached hydrogens (tertiary/aromatic N) is 2. The molecule has 0 radical (unpaired) electrons. The van der Waals surface area contributed by atoms with Crippen LogP contribution in [-0.2, 0) is 17.6 Å². The number of nitrogens with one attached hydrogen (secondary N) is 3. The molecule has 138 valence electrons. The van der Waals surface area contributed by atoms with Gasteiger partial charge in [0.05, 0.1) is 6.42 Å². The van der Waals surface area contributed by atoms with Crippen LogP contribution in [0.25, 0.3) is 0 Å². The summed E-state index contributed by atoms with van der Waals surface area (Å²) >= 11 is 0. The van der Waals surface area contributed by atoms with Crippen LogP contribution in [0.5, 0.6) is 0 Å². The van der Waals surface area contributed by atoms with Gasteiger partial charge < -0.3 is 11.1 Å². The number of carbonyl (C=O) groups excluding carboxylic acids is 1. The summed E-state index contributed by atoms with van der Waals surface area (Å²) in [6.07, 6.45) is 2.53. The van der Waals surface area contributed by atoms with Gasteiger partial charge in [0, 0.05) is 5.69 Å². The lowest BCUT2D eigenvalue weighted by Gasteiger charge is -2.14. The Balaban J connectivity index is 1.67. The van der Waals surface area contributed by atoms with E-state index in [4.69, 9.17) is 5.73 Å². The first-order chi connectivity index (χ1) is 13.2. The first-order valence-corrected chi connectivity index (χ1v) is 8.71. The molecular weight excluding hydrogens is 340 g/mol. The van der Waals surface area contributed by atoms with Gasteiger partial charge in [0.15, 0.2) is 11.6 Å². The van der Waals surface area contributed by atoms with Gasteiger partial charge in [-0.1, -0.05) is 55.5 Å². The summed E-state index contributed by atoms with van der Waals surface area (Å²) in [5.74, 6) is 0.624. The zero-order valence-electron chi connectivity index (χ0n) is 15.1. The second kappa shape index (κ2) is 8.66. The van der Waals surface area contributed by atoms with Crippen LogP contribution in [0.3, 0.4) is 0 Å². The Morgan fingerprint density at radius 2 is 1.70 bits per heavy atom. The molecule has 0 atom stereocenters. The molecule has 1 aromatic heterocycles. The summed E-state index contributed by atoms with van der Waals surface area (Å²) in [4.78, 5) is 20.4. The molecule has 7 heteroatoms. The zero-order chi connectivity index (χ0) is 19.1. The molecule has 0 aliphatic carbocycles. The summed E-state index contributed by atoms with van der Waals surface area (Å²) in [6, 6.07) is 17.4. The molecule has 1 heterocycles. The van der Waals surface area contributed by atoms with Gasteiger partial charge >= 0.3 is 0 Å². The van der Waals surface area contributed by atoms with Crippen LogP contribution >= 0.6 is 0 Å². The highest BCUT2D eigenvalue weighted by Crippen LogP contribution is 2.27. The molecule has 0 aliphatic rings. The fraction of sp³-hybridized carbons (Fsp3) is 0.150. The first kappa shape index (κ1) is 18.2. The third kappa shape index (κ3) is 4.72. The molecule has 0 saturated heterocycles. The number of aryl methyl sites for hydroxylation is 1. The Bertz CT molecular complexity index is 913. The average Bonchev–Trinajstić information content (AvgIpc) is 2.70. The Kier molecular flexibility index (Phi) is 5.84. The van der Waals surface area contributed by atoms with Gasteiger partial charge in [-0.15, -0.1) is 0 Å². The SMILES string of the molecule is CCc1ccccc1Nc1ncnc(NNC(=O)Cc2ccccc2)c1N. The second-order valence-electron chi connectivity index (χ2n) is 5.96. The van der Waals surface area contributed by atoms with Crippen LogP contribution in [0.1, 0.15) is 18.1 Å². The van der Waals surface area contributed by atoms with Crippen molar-refractivity contribution in [2.45, 2.75) is 19.8 Å². The predicted octanol–water partition coefficient (Wildman–Crippen LogP) is 3.05. The van der Waals surface area contributed by atoms with Crippen LogP contribution < -0.4 is 21.9 Å². The standard InChI is InChI=1S/C20H22N6O/c1-2-15-10-6-7-11-16(15)24-19-18(21)20(23-13-22-19)26-25-17(27)12-14-8-4-3-5-9-14/h3-11,13H,2,12,21H2,1H3,(H,25,27)(H2,22,23,24,26). The lowest BCUT2D eigenvalue weighted by Crippen LogP contribution is -2.31. The topological polar surface area (TPSA) is 105 Å². The highest BCUT2D eigenvalue weighted by Gasteiger charge is 2.11. The van der Waals surface area contributed by atoms with Crippen LogP contribution in [0.2, 0.25) is 0 Å². The summed E-state index contributed by atoms with van der Waals surface area (Å²) < 4.78 is 0. The molecule has 27 heavy (non-hydrogen) atoms. The molecule has 3 rings (SSSR count). The van der Waals surface area contributed by atoms with Crippen molar-refractivity contribution in [1.82, 2.24) is 15.4 Å². The average molecular weight is 362 g/mol. The summed E-state index contributed by atoms with van der Waals surface area (Å²) in [7, 11) is 0. The van der Waals surface area contributed by atoms with E-state index in [0.717, 1.165) is 23.2 Å². The van der Waals surface area contributed by atoms with E-state index in [0.29, 0.717) is 17.3 Å². The maximum atomic E-state index is 12.1. The summed E-state index contributed by atoms with van der Waals surface area (Å²) in [6.45, 7) is 2.08. The van der Waals surface area contributed by atoms with Crippen molar-refractivity contribution in [3.05, 3.63) is 72.1 Å². The molecular formula is C20H22N6O. The van der Waals surface area contributed by atoms with Gasteiger partial charge in [-0.2, -0.15) is 0 Å². The molecule has 1 amide bonds. The molecule has 0 fully saturated rings. The Labute approximate surface area is 158 Å². The van der Waals surface area contributed by atoms with Gasteiger partial charge in [0.25, 0.3) is 0 Å². The van der Waals surface area contributed by atoms with Gasteiger partial charge in [-0.25, -0.2) is 9.97 Å². The smallest absolute Gasteiger partial charge is 0.242 e. The highest BCUT2D eigenvalue weighted by molar-refractivity contribution is 5.82. The third-order valence-electron chi connectivity index (χ3n) is 4.06. The van der Waals surface area contributed by atoms with E-state index in [1.54, 1.807) is 0 Å². The fourth-order valence-corrected chi connectivity index (χ4v) is 2.63. The largest absolute Gasteiger partial charge is 0.393 e. The van der Waals surface area contributed by atoms with E-state index < -0.39 is 0 Å². The second-order valence-corrected chi connectivity index (χ2v) is 5.96.